The third-order valence-electron chi connectivity index (χ3n) is 2.81. The summed E-state index contributed by atoms with van der Waals surface area (Å²) in [6.07, 6.45) is -4.69. The molecular formula is C14H7F3N2OS. The molecule has 0 aliphatic carbocycles. The Balaban J connectivity index is 2.21. The van der Waals surface area contributed by atoms with Crippen molar-refractivity contribution in [1.29, 1.82) is 0 Å². The number of alkyl halides is 3. The van der Waals surface area contributed by atoms with E-state index in [0.717, 1.165) is 11.3 Å². The summed E-state index contributed by atoms with van der Waals surface area (Å²) in [7, 11) is 0. The van der Waals surface area contributed by atoms with Crippen molar-refractivity contribution in [3.8, 4) is 0 Å². The van der Waals surface area contributed by atoms with Crippen molar-refractivity contribution < 1.29 is 18.0 Å². The van der Waals surface area contributed by atoms with Gasteiger partial charge in [-0.1, -0.05) is 30.3 Å². The Morgan fingerprint density at radius 2 is 1.76 bits per heavy atom. The lowest BCUT2D eigenvalue weighted by atomic mass is 10.1. The molecule has 2 aromatic heterocycles. The zero-order valence-electron chi connectivity index (χ0n) is 10.4. The summed E-state index contributed by atoms with van der Waals surface area (Å²) in [6.45, 7) is 0. The molecule has 0 spiro atoms. The summed E-state index contributed by atoms with van der Waals surface area (Å²) in [5.41, 5.74) is 0.203. The molecule has 3 aromatic rings. The van der Waals surface area contributed by atoms with Gasteiger partial charge in [0.05, 0.1) is 10.2 Å². The number of carbonyl (C=O) groups excluding carboxylic acids is 1. The van der Waals surface area contributed by atoms with E-state index in [2.05, 4.69) is 9.97 Å². The van der Waals surface area contributed by atoms with E-state index < -0.39 is 17.8 Å². The maximum atomic E-state index is 12.8. The van der Waals surface area contributed by atoms with Crippen LogP contribution >= 0.6 is 11.3 Å². The third-order valence-corrected chi connectivity index (χ3v) is 3.72. The van der Waals surface area contributed by atoms with Crippen LogP contribution in [0.3, 0.4) is 0 Å². The van der Waals surface area contributed by atoms with Gasteiger partial charge < -0.3 is 0 Å². The molecule has 0 unspecified atom stereocenters. The molecule has 0 saturated heterocycles. The van der Waals surface area contributed by atoms with Crippen LogP contribution < -0.4 is 0 Å². The summed E-state index contributed by atoms with van der Waals surface area (Å²) < 4.78 is 38.9. The van der Waals surface area contributed by atoms with Crippen molar-refractivity contribution in [3.05, 3.63) is 58.9 Å². The van der Waals surface area contributed by atoms with Gasteiger partial charge >= 0.3 is 6.18 Å². The summed E-state index contributed by atoms with van der Waals surface area (Å²) in [5.74, 6) is -1.84. The predicted molar refractivity (Wildman–Crippen MR) is 72.3 cm³/mol. The molecule has 0 aliphatic rings. The number of thiophene rings is 1. The maximum Gasteiger partial charge on any atom is 0.451 e. The fourth-order valence-electron chi connectivity index (χ4n) is 1.87. The van der Waals surface area contributed by atoms with Crippen LogP contribution in [0.15, 0.2) is 41.8 Å². The highest BCUT2D eigenvalue weighted by Crippen LogP contribution is 2.31. The van der Waals surface area contributed by atoms with Gasteiger partial charge in [-0.05, 0) is 11.4 Å². The fraction of sp³-hybridized carbons (Fsp3) is 0.0714. The molecule has 0 N–H and O–H groups in total. The van der Waals surface area contributed by atoms with Gasteiger partial charge in [0.15, 0.2) is 0 Å². The van der Waals surface area contributed by atoms with E-state index in [1.54, 1.807) is 23.6 Å². The average molecular weight is 308 g/mol. The number of ketones is 1. The van der Waals surface area contributed by atoms with E-state index >= 15 is 0 Å². The van der Waals surface area contributed by atoms with Crippen LogP contribution in [0.1, 0.15) is 21.9 Å². The lowest BCUT2D eigenvalue weighted by Gasteiger charge is -2.08. The lowest BCUT2D eigenvalue weighted by Crippen LogP contribution is -2.15. The Morgan fingerprint density at radius 3 is 2.43 bits per heavy atom. The Hall–Kier alpha value is -2.28. The van der Waals surface area contributed by atoms with Crippen molar-refractivity contribution in [1.82, 2.24) is 9.97 Å². The monoisotopic (exact) mass is 308 g/mol. The molecule has 0 radical (unpaired) electrons. The first-order valence-corrected chi connectivity index (χ1v) is 6.77. The Bertz CT molecular complexity index is 812. The van der Waals surface area contributed by atoms with Crippen molar-refractivity contribution in [2.75, 3.05) is 0 Å². The Labute approximate surface area is 121 Å². The van der Waals surface area contributed by atoms with Crippen molar-refractivity contribution in [3.63, 3.8) is 0 Å². The normalized spacial score (nSPS) is 11.8. The molecule has 3 nitrogen and oxygen atoms in total. The first-order chi connectivity index (χ1) is 9.97. The summed E-state index contributed by atoms with van der Waals surface area (Å²) in [5, 5.41) is 1.58. The molecule has 0 aliphatic heterocycles. The number of benzene rings is 1. The molecule has 106 valence electrons. The second-order valence-corrected chi connectivity index (χ2v) is 5.14. The second-order valence-electron chi connectivity index (χ2n) is 4.22. The maximum absolute atomic E-state index is 12.8. The molecule has 0 saturated carbocycles. The van der Waals surface area contributed by atoms with Gasteiger partial charge in [0.25, 0.3) is 0 Å². The minimum Gasteiger partial charge on any atom is -0.287 e. The van der Waals surface area contributed by atoms with Gasteiger partial charge in [-0.2, -0.15) is 13.2 Å². The molecule has 3 rings (SSSR count). The van der Waals surface area contributed by atoms with E-state index in [-0.39, 0.29) is 11.2 Å². The van der Waals surface area contributed by atoms with Crippen molar-refractivity contribution in [2.45, 2.75) is 6.18 Å². The summed E-state index contributed by atoms with van der Waals surface area (Å²) in [6, 6.07) is 9.53. The van der Waals surface area contributed by atoms with E-state index in [1.807, 2.05) is 0 Å². The van der Waals surface area contributed by atoms with Gasteiger partial charge in [0.2, 0.25) is 11.6 Å². The van der Waals surface area contributed by atoms with Crippen LogP contribution in [-0.2, 0) is 6.18 Å². The minimum atomic E-state index is -4.69. The molecule has 1 aromatic carbocycles. The van der Waals surface area contributed by atoms with Gasteiger partial charge in [0, 0.05) is 5.56 Å². The Kier molecular flexibility index (Phi) is 3.21. The highest BCUT2D eigenvalue weighted by Gasteiger charge is 2.36. The number of rotatable bonds is 2. The van der Waals surface area contributed by atoms with Crippen LogP contribution in [0.25, 0.3) is 10.2 Å². The molecule has 2 heterocycles. The molecule has 7 heteroatoms. The van der Waals surface area contributed by atoms with Gasteiger partial charge in [-0.3, -0.25) is 4.79 Å². The average Bonchev–Trinajstić information content (AvgIpc) is 2.94. The van der Waals surface area contributed by atoms with Crippen molar-refractivity contribution >= 4 is 27.3 Å². The molecule has 0 bridgehead atoms. The number of carbonyl (C=O) groups is 1. The van der Waals surface area contributed by atoms with E-state index in [1.165, 1.54) is 18.2 Å². The lowest BCUT2D eigenvalue weighted by molar-refractivity contribution is -0.144. The fourth-order valence-corrected chi connectivity index (χ4v) is 2.69. The van der Waals surface area contributed by atoms with Crippen LogP contribution in [-0.4, -0.2) is 15.8 Å². The largest absolute Gasteiger partial charge is 0.451 e. The number of aromatic nitrogens is 2. The Morgan fingerprint density at radius 1 is 1.05 bits per heavy atom. The number of hydrogen-bond donors (Lipinski definition) is 0. The minimum absolute atomic E-state index is 0.126. The highest BCUT2D eigenvalue weighted by molar-refractivity contribution is 7.17. The van der Waals surface area contributed by atoms with E-state index in [4.69, 9.17) is 0 Å². The van der Waals surface area contributed by atoms with E-state index in [9.17, 15) is 18.0 Å². The number of hydrogen-bond acceptors (Lipinski definition) is 4. The van der Waals surface area contributed by atoms with Crippen LogP contribution in [0.5, 0.6) is 0 Å². The number of fused-ring (bicyclic) bond motifs is 1. The topological polar surface area (TPSA) is 42.9 Å². The van der Waals surface area contributed by atoms with Crippen molar-refractivity contribution in [2.24, 2.45) is 0 Å². The van der Waals surface area contributed by atoms with Gasteiger partial charge in [-0.15, -0.1) is 11.3 Å². The molecular weight excluding hydrogens is 301 g/mol. The number of halogens is 3. The SMILES string of the molecule is O=C(c1ccccc1)c1nc(C(F)(F)F)nc2ccsc12. The third kappa shape index (κ3) is 2.52. The van der Waals surface area contributed by atoms with E-state index in [0.29, 0.717) is 10.3 Å². The molecule has 0 amide bonds. The van der Waals surface area contributed by atoms with Crippen LogP contribution in [0.2, 0.25) is 0 Å². The smallest absolute Gasteiger partial charge is 0.287 e. The van der Waals surface area contributed by atoms with Crippen LogP contribution in [0, 0.1) is 0 Å². The molecule has 0 fully saturated rings. The zero-order valence-corrected chi connectivity index (χ0v) is 11.2. The first kappa shape index (κ1) is 13.7. The standard InChI is InChI=1S/C14H7F3N2OS/c15-14(16,17)13-18-9-6-7-21-12(9)10(19-13)11(20)8-4-2-1-3-5-8/h1-7H. The van der Waals surface area contributed by atoms with Crippen LogP contribution in [0.4, 0.5) is 13.2 Å². The van der Waals surface area contributed by atoms with Gasteiger partial charge in [-0.25, -0.2) is 9.97 Å². The predicted octanol–water partition coefficient (Wildman–Crippen LogP) is 3.94. The zero-order chi connectivity index (χ0) is 15.0. The summed E-state index contributed by atoms with van der Waals surface area (Å²) in [4.78, 5) is 19.3. The van der Waals surface area contributed by atoms with Gasteiger partial charge in [0.1, 0.15) is 5.69 Å². The summed E-state index contributed by atoms with van der Waals surface area (Å²) >= 11 is 1.14. The molecule has 21 heavy (non-hydrogen) atoms. The first-order valence-electron chi connectivity index (χ1n) is 5.89. The molecule has 0 atom stereocenters. The quantitative estimate of drug-likeness (QED) is 0.673. The number of nitrogens with zero attached hydrogens (tertiary/aromatic N) is 2. The highest BCUT2D eigenvalue weighted by atomic mass is 32.1. The second kappa shape index (κ2) is 4.92.